The number of hydrogen-bond acceptors (Lipinski definition) is 2. The van der Waals surface area contributed by atoms with Gasteiger partial charge in [-0.25, -0.2) is 4.79 Å². The number of carboxylic acid groups (broad SMARTS) is 1. The summed E-state index contributed by atoms with van der Waals surface area (Å²) in [5.41, 5.74) is 1.49. The smallest absolute Gasteiger partial charge is 0.389 e. The van der Waals surface area contributed by atoms with Gasteiger partial charge in [0.15, 0.2) is 0 Å². The molecule has 0 spiro atoms. The summed E-state index contributed by atoms with van der Waals surface area (Å²) in [6.07, 6.45) is -5.08. The molecule has 0 amide bonds. The van der Waals surface area contributed by atoms with Crippen LogP contribution < -0.4 is 4.74 Å². The summed E-state index contributed by atoms with van der Waals surface area (Å²) in [5.74, 6) is -0.811. The van der Waals surface area contributed by atoms with Crippen molar-refractivity contribution in [3.05, 3.63) is 82.9 Å². The maximum absolute atomic E-state index is 12.6. The SMILES string of the molecule is O=C(O)C=C(CCC(F)(F)F)c1ccc2c(Cl)c(OCc3ccccc3)ccc2c1. The summed E-state index contributed by atoms with van der Waals surface area (Å²) in [5, 5.41) is 10.7. The van der Waals surface area contributed by atoms with E-state index < -0.39 is 25.0 Å². The highest BCUT2D eigenvalue weighted by Gasteiger charge is 2.27. The van der Waals surface area contributed by atoms with E-state index in [1.165, 1.54) is 0 Å². The quantitative estimate of drug-likeness (QED) is 0.412. The van der Waals surface area contributed by atoms with E-state index in [1.54, 1.807) is 30.3 Å². The third-order valence-electron chi connectivity index (χ3n) is 4.50. The number of ether oxygens (including phenoxy) is 1. The lowest BCUT2D eigenvalue weighted by Crippen LogP contribution is -2.07. The molecule has 0 radical (unpaired) electrons. The van der Waals surface area contributed by atoms with Crippen LogP contribution in [-0.2, 0) is 11.4 Å². The lowest BCUT2D eigenvalue weighted by molar-refractivity contribution is -0.134. The number of fused-ring (bicyclic) bond motifs is 1. The number of rotatable bonds is 7. The van der Waals surface area contributed by atoms with Gasteiger partial charge >= 0.3 is 12.1 Å². The van der Waals surface area contributed by atoms with E-state index in [0.29, 0.717) is 33.7 Å². The maximum atomic E-state index is 12.6. The number of carboxylic acids is 1. The summed E-state index contributed by atoms with van der Waals surface area (Å²) >= 11 is 6.46. The molecule has 0 saturated carbocycles. The summed E-state index contributed by atoms with van der Waals surface area (Å²) in [6.45, 7) is 0.340. The molecule has 0 aromatic heterocycles. The van der Waals surface area contributed by atoms with Crippen LogP contribution in [0.1, 0.15) is 24.0 Å². The Morgan fingerprint density at radius 2 is 1.80 bits per heavy atom. The highest BCUT2D eigenvalue weighted by molar-refractivity contribution is 6.37. The van der Waals surface area contributed by atoms with Crippen LogP contribution in [0.25, 0.3) is 16.3 Å². The van der Waals surface area contributed by atoms with Crippen LogP contribution in [0.2, 0.25) is 5.02 Å². The first-order valence-corrected chi connectivity index (χ1v) is 9.50. The molecule has 1 N–H and O–H groups in total. The summed E-state index contributed by atoms with van der Waals surface area (Å²) < 4.78 is 43.6. The summed E-state index contributed by atoms with van der Waals surface area (Å²) in [7, 11) is 0. The van der Waals surface area contributed by atoms with E-state index in [-0.39, 0.29) is 5.57 Å². The van der Waals surface area contributed by atoms with Crippen LogP contribution in [0.5, 0.6) is 5.75 Å². The predicted molar refractivity (Wildman–Crippen MR) is 111 cm³/mol. The van der Waals surface area contributed by atoms with Crippen molar-refractivity contribution in [2.45, 2.75) is 25.6 Å². The Bertz CT molecular complexity index is 1080. The minimum Gasteiger partial charge on any atom is -0.487 e. The zero-order valence-corrected chi connectivity index (χ0v) is 16.5. The molecule has 3 aromatic rings. The largest absolute Gasteiger partial charge is 0.487 e. The van der Waals surface area contributed by atoms with Crippen LogP contribution in [-0.4, -0.2) is 17.3 Å². The molecular formula is C23H18ClF3O3. The molecule has 0 atom stereocenters. The second-order valence-electron chi connectivity index (χ2n) is 6.71. The van der Waals surface area contributed by atoms with Gasteiger partial charge in [-0.3, -0.25) is 0 Å². The van der Waals surface area contributed by atoms with Crippen molar-refractivity contribution >= 4 is 33.9 Å². The van der Waals surface area contributed by atoms with Crippen LogP contribution in [0.15, 0.2) is 66.7 Å². The second kappa shape index (κ2) is 9.22. The summed E-state index contributed by atoms with van der Waals surface area (Å²) in [6, 6.07) is 17.9. The molecular weight excluding hydrogens is 417 g/mol. The van der Waals surface area contributed by atoms with E-state index in [0.717, 1.165) is 11.6 Å². The maximum Gasteiger partial charge on any atom is 0.389 e. The van der Waals surface area contributed by atoms with Gasteiger partial charge in [0.1, 0.15) is 12.4 Å². The van der Waals surface area contributed by atoms with E-state index in [9.17, 15) is 18.0 Å². The molecule has 0 aliphatic heterocycles. The number of carbonyl (C=O) groups is 1. The fraction of sp³-hybridized carbons (Fsp3) is 0.174. The van der Waals surface area contributed by atoms with Crippen molar-refractivity contribution in [1.82, 2.24) is 0 Å². The first-order valence-electron chi connectivity index (χ1n) is 9.12. The van der Waals surface area contributed by atoms with E-state index in [1.807, 2.05) is 30.3 Å². The molecule has 7 heteroatoms. The lowest BCUT2D eigenvalue weighted by atomic mass is 9.97. The van der Waals surface area contributed by atoms with Crippen LogP contribution in [0.4, 0.5) is 13.2 Å². The fourth-order valence-electron chi connectivity index (χ4n) is 3.04. The summed E-state index contributed by atoms with van der Waals surface area (Å²) in [4.78, 5) is 11.1. The fourth-order valence-corrected chi connectivity index (χ4v) is 3.33. The molecule has 0 bridgehead atoms. The minimum absolute atomic E-state index is 0.0993. The number of allylic oxidation sites excluding steroid dienone is 1. The normalized spacial score (nSPS) is 12.2. The molecule has 3 rings (SSSR count). The van der Waals surface area contributed by atoms with Crippen LogP contribution in [0, 0.1) is 0 Å². The molecule has 0 unspecified atom stereocenters. The minimum atomic E-state index is -4.37. The van der Waals surface area contributed by atoms with Crippen molar-refractivity contribution in [2.75, 3.05) is 0 Å². The lowest BCUT2D eigenvalue weighted by Gasteiger charge is -2.13. The van der Waals surface area contributed by atoms with Crippen molar-refractivity contribution < 1.29 is 27.8 Å². The standard InChI is InChI=1S/C23H18ClF3O3/c24-22-19-8-6-16(17(13-21(28)29)10-11-23(25,26)27)12-18(19)7-9-20(22)30-14-15-4-2-1-3-5-15/h1-9,12-13H,10-11,14H2,(H,28,29). The molecule has 30 heavy (non-hydrogen) atoms. The van der Waals surface area contributed by atoms with E-state index in [2.05, 4.69) is 0 Å². The Kier molecular flexibility index (Phi) is 6.67. The monoisotopic (exact) mass is 434 g/mol. The second-order valence-corrected chi connectivity index (χ2v) is 7.09. The van der Waals surface area contributed by atoms with Gasteiger partial charge in [-0.15, -0.1) is 0 Å². The topological polar surface area (TPSA) is 46.5 Å². The van der Waals surface area contributed by atoms with Gasteiger partial charge in [-0.1, -0.05) is 60.1 Å². The van der Waals surface area contributed by atoms with Gasteiger partial charge in [0.25, 0.3) is 0 Å². The van der Waals surface area contributed by atoms with Gasteiger partial charge in [0.2, 0.25) is 0 Å². The van der Waals surface area contributed by atoms with Crippen LogP contribution in [0.3, 0.4) is 0 Å². The third-order valence-corrected chi connectivity index (χ3v) is 4.89. The molecule has 0 saturated heterocycles. The first-order chi connectivity index (χ1) is 14.2. The Morgan fingerprint density at radius 3 is 2.47 bits per heavy atom. The van der Waals surface area contributed by atoms with Gasteiger partial charge in [-0.2, -0.15) is 13.2 Å². The van der Waals surface area contributed by atoms with Crippen molar-refractivity contribution in [1.29, 1.82) is 0 Å². The van der Waals surface area contributed by atoms with E-state index in [4.69, 9.17) is 21.4 Å². The van der Waals surface area contributed by atoms with Crippen LogP contribution >= 0.6 is 11.6 Å². The van der Waals surface area contributed by atoms with Gasteiger partial charge in [0.05, 0.1) is 5.02 Å². The van der Waals surface area contributed by atoms with Gasteiger partial charge in [-0.05, 0) is 40.6 Å². The molecule has 0 aliphatic rings. The number of benzene rings is 3. The Balaban J connectivity index is 1.87. The first kappa shape index (κ1) is 21.7. The number of halogens is 4. The molecule has 156 valence electrons. The number of hydrogen-bond donors (Lipinski definition) is 1. The highest BCUT2D eigenvalue weighted by atomic mass is 35.5. The Hall–Kier alpha value is -2.99. The zero-order valence-electron chi connectivity index (χ0n) is 15.7. The molecule has 0 heterocycles. The van der Waals surface area contributed by atoms with Crippen molar-refractivity contribution in [2.24, 2.45) is 0 Å². The number of aliphatic carboxylic acids is 1. The van der Waals surface area contributed by atoms with Crippen molar-refractivity contribution in [3.63, 3.8) is 0 Å². The molecule has 3 aromatic carbocycles. The average Bonchev–Trinajstić information content (AvgIpc) is 2.70. The Morgan fingerprint density at radius 1 is 1.07 bits per heavy atom. The van der Waals surface area contributed by atoms with E-state index >= 15 is 0 Å². The van der Waals surface area contributed by atoms with Gasteiger partial charge < -0.3 is 9.84 Å². The third kappa shape index (κ3) is 5.76. The number of alkyl halides is 3. The average molecular weight is 435 g/mol. The molecule has 0 fully saturated rings. The molecule has 0 aliphatic carbocycles. The van der Waals surface area contributed by atoms with Gasteiger partial charge in [0, 0.05) is 17.9 Å². The molecule has 3 nitrogen and oxygen atoms in total. The predicted octanol–water partition coefficient (Wildman–Crippen LogP) is 6.88. The highest BCUT2D eigenvalue weighted by Crippen LogP contribution is 2.36. The zero-order chi connectivity index (χ0) is 21.7. The Labute approximate surface area is 176 Å². The van der Waals surface area contributed by atoms with Crippen molar-refractivity contribution in [3.8, 4) is 5.75 Å².